The third-order valence-corrected chi connectivity index (χ3v) is 3.33. The minimum absolute atomic E-state index is 0.212. The molecule has 1 aliphatic rings. The molecule has 0 aromatic carbocycles. The number of carbonyl (C=O) groups is 1. The molecular formula is C14H22FNO. The third kappa shape index (κ3) is 3.00. The first kappa shape index (κ1) is 14.0. The number of carbonyl (C=O) groups excluding carboxylic acids is 1. The van der Waals surface area contributed by atoms with Crippen LogP contribution in [0.15, 0.2) is 0 Å². The van der Waals surface area contributed by atoms with Gasteiger partial charge in [-0.25, -0.2) is 4.39 Å². The molecule has 0 aromatic heterocycles. The van der Waals surface area contributed by atoms with Gasteiger partial charge in [0, 0.05) is 11.5 Å². The van der Waals surface area contributed by atoms with E-state index in [0.717, 1.165) is 0 Å². The molecule has 0 spiro atoms. The Kier molecular flexibility index (Phi) is 3.31. The number of amides is 1. The van der Waals surface area contributed by atoms with Crippen molar-refractivity contribution < 1.29 is 9.18 Å². The third-order valence-electron chi connectivity index (χ3n) is 3.33. The lowest BCUT2D eigenvalue weighted by Crippen LogP contribution is -2.54. The fourth-order valence-electron chi connectivity index (χ4n) is 2.16. The summed E-state index contributed by atoms with van der Waals surface area (Å²) in [4.78, 5) is 11.8. The van der Waals surface area contributed by atoms with Crippen LogP contribution in [-0.4, -0.2) is 17.6 Å². The van der Waals surface area contributed by atoms with Crippen LogP contribution in [0.5, 0.6) is 0 Å². The van der Waals surface area contributed by atoms with Gasteiger partial charge in [0.15, 0.2) is 5.67 Å². The number of hydrogen-bond donors (Lipinski definition) is 1. The van der Waals surface area contributed by atoms with Crippen molar-refractivity contribution in [2.45, 2.75) is 59.2 Å². The first-order valence-electron chi connectivity index (χ1n) is 6.00. The van der Waals surface area contributed by atoms with E-state index in [9.17, 15) is 9.18 Å². The highest BCUT2D eigenvalue weighted by Crippen LogP contribution is 2.41. The molecule has 0 heterocycles. The summed E-state index contributed by atoms with van der Waals surface area (Å²) in [7, 11) is 0. The summed E-state index contributed by atoms with van der Waals surface area (Å²) in [6.07, 6.45) is 6.16. The molecule has 17 heavy (non-hydrogen) atoms. The van der Waals surface area contributed by atoms with Gasteiger partial charge in [-0.15, -0.1) is 6.42 Å². The van der Waals surface area contributed by atoms with Gasteiger partial charge in [-0.3, -0.25) is 4.79 Å². The first-order chi connectivity index (χ1) is 7.53. The van der Waals surface area contributed by atoms with Gasteiger partial charge in [-0.05, 0) is 32.1 Å². The molecule has 1 saturated carbocycles. The highest BCUT2D eigenvalue weighted by molar-refractivity contribution is 5.88. The fourth-order valence-corrected chi connectivity index (χ4v) is 2.16. The second-order valence-electron chi connectivity index (χ2n) is 6.60. The Bertz CT molecular complexity index is 355. The zero-order chi connectivity index (χ0) is 13.5. The van der Waals surface area contributed by atoms with Gasteiger partial charge < -0.3 is 5.32 Å². The van der Waals surface area contributed by atoms with E-state index in [-0.39, 0.29) is 11.5 Å². The zero-order valence-electron chi connectivity index (χ0n) is 11.4. The van der Waals surface area contributed by atoms with Crippen molar-refractivity contribution in [3.05, 3.63) is 0 Å². The lowest BCUT2D eigenvalue weighted by molar-refractivity contribution is -0.129. The van der Waals surface area contributed by atoms with Crippen LogP contribution in [0.2, 0.25) is 0 Å². The molecule has 0 saturated heterocycles. The van der Waals surface area contributed by atoms with Gasteiger partial charge in [0.05, 0.1) is 0 Å². The zero-order valence-corrected chi connectivity index (χ0v) is 11.4. The average molecular weight is 239 g/mol. The Labute approximate surface area is 103 Å². The van der Waals surface area contributed by atoms with E-state index in [1.807, 2.05) is 34.6 Å². The van der Waals surface area contributed by atoms with Crippen molar-refractivity contribution in [2.75, 3.05) is 0 Å². The van der Waals surface area contributed by atoms with Crippen molar-refractivity contribution in [1.29, 1.82) is 0 Å². The van der Waals surface area contributed by atoms with E-state index < -0.39 is 17.0 Å². The molecular weight excluding hydrogens is 217 g/mol. The summed E-state index contributed by atoms with van der Waals surface area (Å²) < 4.78 is 13.7. The molecule has 1 N–H and O–H groups in total. The van der Waals surface area contributed by atoms with Gasteiger partial charge >= 0.3 is 0 Å². The van der Waals surface area contributed by atoms with E-state index >= 15 is 0 Å². The summed E-state index contributed by atoms with van der Waals surface area (Å²) >= 11 is 0. The smallest absolute Gasteiger partial charge is 0.257 e. The molecule has 1 unspecified atom stereocenters. The maximum Gasteiger partial charge on any atom is 0.257 e. The van der Waals surface area contributed by atoms with Crippen molar-refractivity contribution in [3.63, 3.8) is 0 Å². The van der Waals surface area contributed by atoms with Crippen LogP contribution in [0.4, 0.5) is 4.39 Å². The first-order valence-corrected chi connectivity index (χ1v) is 6.00. The molecule has 0 aromatic rings. The molecule has 1 amide bonds. The normalized spacial score (nSPS) is 20.3. The topological polar surface area (TPSA) is 29.1 Å². The molecule has 1 rings (SSSR count). The van der Waals surface area contributed by atoms with Crippen LogP contribution in [0.25, 0.3) is 0 Å². The minimum Gasteiger partial charge on any atom is -0.349 e. The minimum atomic E-state index is -1.64. The monoisotopic (exact) mass is 239 g/mol. The predicted molar refractivity (Wildman–Crippen MR) is 67.1 cm³/mol. The van der Waals surface area contributed by atoms with E-state index in [4.69, 9.17) is 6.42 Å². The molecule has 0 bridgehead atoms. The fraction of sp³-hybridized carbons (Fsp3) is 0.786. The number of rotatable bonds is 3. The maximum absolute atomic E-state index is 13.7. The molecule has 0 aliphatic heterocycles. The summed E-state index contributed by atoms with van der Waals surface area (Å²) in [6.45, 7) is 9.76. The largest absolute Gasteiger partial charge is 0.349 e. The number of terminal acetylenes is 1. The standard InChI is InChI=1S/C14H22FNO/c1-7-13(5,6)10(12(2,3)4)16-11(17)14(15)8-9-14/h1,10H,8-9H2,2-6H3,(H,16,17). The average Bonchev–Trinajstić information content (AvgIpc) is 2.91. The van der Waals surface area contributed by atoms with E-state index in [0.29, 0.717) is 12.8 Å². The van der Waals surface area contributed by atoms with Gasteiger partial charge in [-0.1, -0.05) is 26.7 Å². The van der Waals surface area contributed by atoms with E-state index in [2.05, 4.69) is 11.2 Å². The summed E-state index contributed by atoms with van der Waals surface area (Å²) in [5, 5.41) is 2.79. The molecule has 96 valence electrons. The van der Waals surface area contributed by atoms with Gasteiger partial charge in [0.1, 0.15) is 0 Å². The van der Waals surface area contributed by atoms with Crippen LogP contribution in [0.1, 0.15) is 47.5 Å². The van der Waals surface area contributed by atoms with Crippen LogP contribution in [0, 0.1) is 23.2 Å². The summed E-state index contributed by atoms with van der Waals surface area (Å²) in [5.74, 6) is 2.17. The molecule has 1 aliphatic carbocycles. The number of nitrogens with one attached hydrogen (secondary N) is 1. The van der Waals surface area contributed by atoms with Crippen LogP contribution >= 0.6 is 0 Å². The Hall–Kier alpha value is -1.04. The summed E-state index contributed by atoms with van der Waals surface area (Å²) in [5.41, 5.74) is -2.36. The van der Waals surface area contributed by atoms with Crippen molar-refractivity contribution in [2.24, 2.45) is 10.8 Å². The van der Waals surface area contributed by atoms with Crippen LogP contribution < -0.4 is 5.32 Å². The van der Waals surface area contributed by atoms with Gasteiger partial charge in [0.2, 0.25) is 0 Å². The number of alkyl halides is 1. The SMILES string of the molecule is C#CC(C)(C)C(NC(=O)C1(F)CC1)C(C)(C)C. The Morgan fingerprint density at radius 2 is 1.82 bits per heavy atom. The lowest BCUT2D eigenvalue weighted by Gasteiger charge is -2.40. The quantitative estimate of drug-likeness (QED) is 0.754. The Morgan fingerprint density at radius 3 is 2.12 bits per heavy atom. The highest BCUT2D eigenvalue weighted by Gasteiger charge is 2.52. The maximum atomic E-state index is 13.7. The number of halogens is 1. The predicted octanol–water partition coefficient (Wildman–Crippen LogP) is 2.68. The second kappa shape index (κ2) is 4.01. The van der Waals surface area contributed by atoms with Crippen molar-refractivity contribution in [1.82, 2.24) is 5.32 Å². The van der Waals surface area contributed by atoms with Crippen LogP contribution in [0.3, 0.4) is 0 Å². The van der Waals surface area contributed by atoms with Crippen molar-refractivity contribution >= 4 is 5.91 Å². The Morgan fingerprint density at radius 1 is 1.35 bits per heavy atom. The summed E-state index contributed by atoms with van der Waals surface area (Å²) in [6, 6.07) is -0.249. The molecule has 1 fully saturated rings. The van der Waals surface area contributed by atoms with Crippen molar-refractivity contribution in [3.8, 4) is 12.3 Å². The molecule has 3 heteroatoms. The van der Waals surface area contributed by atoms with Crippen LogP contribution in [-0.2, 0) is 4.79 Å². The molecule has 0 radical (unpaired) electrons. The molecule has 2 nitrogen and oxygen atoms in total. The lowest BCUT2D eigenvalue weighted by atomic mass is 9.71. The Balaban J connectivity index is 2.87. The highest BCUT2D eigenvalue weighted by atomic mass is 19.1. The van der Waals surface area contributed by atoms with E-state index in [1.165, 1.54) is 0 Å². The number of hydrogen-bond acceptors (Lipinski definition) is 1. The molecule has 1 atom stereocenters. The van der Waals surface area contributed by atoms with Gasteiger partial charge in [0.25, 0.3) is 5.91 Å². The second-order valence-corrected chi connectivity index (χ2v) is 6.60. The van der Waals surface area contributed by atoms with E-state index in [1.54, 1.807) is 0 Å². The van der Waals surface area contributed by atoms with Gasteiger partial charge in [-0.2, -0.15) is 0 Å².